The molecule has 0 saturated heterocycles. The second-order valence-electron chi connectivity index (χ2n) is 11.9. The summed E-state index contributed by atoms with van der Waals surface area (Å²) in [6, 6.07) is 5.19. The normalized spacial score (nSPS) is 42.4. The van der Waals surface area contributed by atoms with E-state index in [2.05, 4.69) is 24.1 Å². The topological polar surface area (TPSA) is 95.3 Å². The van der Waals surface area contributed by atoms with Gasteiger partial charge in [-0.2, -0.15) is 0 Å². The summed E-state index contributed by atoms with van der Waals surface area (Å²) in [4.78, 5) is 21.5. The van der Waals surface area contributed by atoms with Gasteiger partial charge in [0.15, 0.2) is 10.8 Å². The van der Waals surface area contributed by atoms with Crippen LogP contribution < -0.4 is 5.32 Å². The van der Waals surface area contributed by atoms with Gasteiger partial charge in [-0.25, -0.2) is 9.37 Å². The Morgan fingerprint density at radius 2 is 2.05 bits per heavy atom. The van der Waals surface area contributed by atoms with Gasteiger partial charge in [-0.15, -0.1) is 11.3 Å². The number of carbonyl (C=O) groups excluding carboxylic acids is 1. The maximum Gasteiger partial charge on any atom is 0.276 e. The summed E-state index contributed by atoms with van der Waals surface area (Å²) in [6.07, 6.45) is 7.62. The van der Waals surface area contributed by atoms with Crippen LogP contribution in [0.3, 0.4) is 0 Å². The van der Waals surface area contributed by atoms with E-state index in [9.17, 15) is 15.0 Å². The fourth-order valence-corrected chi connectivity index (χ4v) is 9.21. The van der Waals surface area contributed by atoms with Crippen molar-refractivity contribution in [1.82, 2.24) is 9.97 Å². The first-order chi connectivity index (χ1) is 17.6. The lowest BCUT2D eigenvalue weighted by molar-refractivity contribution is -0.191. The Morgan fingerprint density at radius 3 is 2.81 bits per heavy atom. The van der Waals surface area contributed by atoms with E-state index in [1.54, 1.807) is 42.6 Å². The van der Waals surface area contributed by atoms with Crippen LogP contribution in [0, 0.1) is 28.6 Å². The highest BCUT2D eigenvalue weighted by atomic mass is 32.1. The summed E-state index contributed by atoms with van der Waals surface area (Å²) < 4.78 is 17.3. The quantitative estimate of drug-likeness (QED) is 0.476. The number of aliphatic hydroxyl groups is 2. The third kappa shape index (κ3) is 3.52. The maximum atomic E-state index is 17.3. The largest absolute Gasteiger partial charge is 0.390 e. The number of nitrogens with one attached hydrogen (secondary N) is 1. The van der Waals surface area contributed by atoms with Crippen molar-refractivity contribution in [1.29, 1.82) is 0 Å². The number of aromatic nitrogens is 2. The number of hydrogen-bond donors (Lipinski definition) is 3. The molecule has 9 atom stereocenters. The molecular weight excluding hydrogens is 489 g/mol. The third-order valence-electron chi connectivity index (χ3n) is 10.0. The minimum Gasteiger partial charge on any atom is -0.390 e. The molecule has 4 aliphatic carbocycles. The first-order valence-corrected chi connectivity index (χ1v) is 14.1. The van der Waals surface area contributed by atoms with E-state index in [0.29, 0.717) is 23.7 Å². The highest BCUT2D eigenvalue weighted by molar-refractivity contribution is 7.14. The lowest BCUT2D eigenvalue weighted by Gasteiger charge is -2.62. The van der Waals surface area contributed by atoms with Crippen molar-refractivity contribution in [2.24, 2.45) is 28.6 Å². The molecule has 0 radical (unpaired) electrons. The number of nitrogens with zero attached hydrogens (tertiary/aromatic N) is 2. The molecule has 3 N–H and O–H groups in total. The van der Waals surface area contributed by atoms with Gasteiger partial charge in [0.2, 0.25) is 0 Å². The van der Waals surface area contributed by atoms with E-state index in [1.807, 2.05) is 12.3 Å². The molecule has 3 fully saturated rings. The van der Waals surface area contributed by atoms with Gasteiger partial charge in [-0.3, -0.25) is 15.1 Å². The van der Waals surface area contributed by atoms with Crippen LogP contribution in [-0.2, 0) is 0 Å². The van der Waals surface area contributed by atoms with Crippen molar-refractivity contribution in [2.45, 2.75) is 70.2 Å². The number of fused-ring (bicyclic) bond motifs is 5. The van der Waals surface area contributed by atoms with Gasteiger partial charge >= 0.3 is 0 Å². The lowest BCUT2D eigenvalue weighted by Crippen LogP contribution is -2.66. The van der Waals surface area contributed by atoms with E-state index < -0.39 is 23.3 Å². The van der Waals surface area contributed by atoms with Gasteiger partial charge < -0.3 is 10.2 Å². The Morgan fingerprint density at radius 1 is 1.24 bits per heavy atom. The van der Waals surface area contributed by atoms with Crippen LogP contribution in [0.5, 0.6) is 0 Å². The number of alkyl halides is 1. The molecule has 9 unspecified atom stereocenters. The predicted molar refractivity (Wildman–Crippen MR) is 141 cm³/mol. The van der Waals surface area contributed by atoms with Crippen LogP contribution >= 0.6 is 11.3 Å². The molecule has 0 aromatic carbocycles. The molecule has 2 aromatic heterocycles. The van der Waals surface area contributed by atoms with Crippen molar-refractivity contribution >= 4 is 22.4 Å². The summed E-state index contributed by atoms with van der Waals surface area (Å²) in [6.45, 7) is 6.30. The first-order valence-electron chi connectivity index (χ1n) is 13.2. The summed E-state index contributed by atoms with van der Waals surface area (Å²) >= 11 is 1.39. The predicted octanol–water partition coefficient (Wildman–Crippen LogP) is 5.28. The number of rotatable bonds is 3. The average molecular weight is 524 g/mol. The molecule has 0 bridgehead atoms. The first kappa shape index (κ1) is 24.9. The minimum atomic E-state index is -1.78. The number of anilines is 1. The monoisotopic (exact) mass is 523 g/mol. The Labute approximate surface area is 220 Å². The zero-order valence-corrected chi connectivity index (χ0v) is 22.2. The number of thiazole rings is 1. The Balaban J connectivity index is 1.30. The summed E-state index contributed by atoms with van der Waals surface area (Å²) in [5, 5.41) is 27.1. The van der Waals surface area contributed by atoms with Crippen molar-refractivity contribution in [3.63, 3.8) is 0 Å². The Bertz CT molecular complexity index is 1280. The second kappa shape index (κ2) is 8.55. The zero-order valence-electron chi connectivity index (χ0n) is 21.4. The molecule has 8 heteroatoms. The maximum absolute atomic E-state index is 17.3. The van der Waals surface area contributed by atoms with Crippen LogP contribution in [-0.4, -0.2) is 44.0 Å². The number of hydrogen-bond acceptors (Lipinski definition) is 6. The number of carbonyl (C=O) groups is 1. The highest BCUT2D eigenvalue weighted by Crippen LogP contribution is 2.71. The van der Waals surface area contributed by atoms with Gasteiger partial charge in [0.1, 0.15) is 5.69 Å². The fraction of sp³-hybridized carbons (Fsp3) is 0.552. The molecule has 2 aromatic rings. The lowest BCUT2D eigenvalue weighted by atomic mass is 9.45. The van der Waals surface area contributed by atoms with Crippen LogP contribution in [0.25, 0.3) is 0 Å². The number of allylic oxidation sites excluding steroid dienone is 2. The van der Waals surface area contributed by atoms with E-state index >= 15 is 4.39 Å². The minimum absolute atomic E-state index is 0.0573. The molecule has 6 rings (SSSR count). The molecule has 0 spiro atoms. The fourth-order valence-electron chi connectivity index (χ4n) is 8.47. The summed E-state index contributed by atoms with van der Waals surface area (Å²) in [5.74, 6) is -0.155. The average Bonchev–Trinajstić information content (AvgIpc) is 3.41. The van der Waals surface area contributed by atoms with Crippen molar-refractivity contribution in [3.05, 3.63) is 65.0 Å². The third-order valence-corrected chi connectivity index (χ3v) is 10.8. The van der Waals surface area contributed by atoms with Gasteiger partial charge in [0.25, 0.3) is 5.91 Å². The smallest absolute Gasteiger partial charge is 0.276 e. The van der Waals surface area contributed by atoms with E-state index in [1.165, 1.54) is 11.3 Å². The van der Waals surface area contributed by atoms with Crippen molar-refractivity contribution in [3.8, 4) is 0 Å². The van der Waals surface area contributed by atoms with Gasteiger partial charge in [-0.1, -0.05) is 43.7 Å². The van der Waals surface area contributed by atoms with Gasteiger partial charge in [0.05, 0.1) is 17.9 Å². The summed E-state index contributed by atoms with van der Waals surface area (Å²) in [5.41, 5.74) is -0.874. The van der Waals surface area contributed by atoms with E-state index in [0.717, 1.165) is 24.1 Å². The van der Waals surface area contributed by atoms with Crippen molar-refractivity contribution in [2.75, 3.05) is 5.32 Å². The van der Waals surface area contributed by atoms with Gasteiger partial charge in [0, 0.05) is 28.8 Å². The van der Waals surface area contributed by atoms with Crippen LogP contribution in [0.2, 0.25) is 0 Å². The van der Waals surface area contributed by atoms with Crippen LogP contribution in [0.1, 0.15) is 68.6 Å². The Kier molecular flexibility index (Phi) is 5.75. The van der Waals surface area contributed by atoms with E-state index in [4.69, 9.17) is 4.98 Å². The number of amides is 1. The molecule has 2 heterocycles. The molecule has 0 aliphatic heterocycles. The molecule has 4 aliphatic rings. The molecule has 196 valence electrons. The molecule has 6 nitrogen and oxygen atoms in total. The van der Waals surface area contributed by atoms with Gasteiger partial charge in [-0.05, 0) is 62.0 Å². The number of aliphatic hydroxyl groups excluding tert-OH is 2. The van der Waals surface area contributed by atoms with E-state index in [-0.39, 0.29) is 35.0 Å². The molecular formula is C29H34FN3O3S. The number of halogens is 1. The summed E-state index contributed by atoms with van der Waals surface area (Å²) in [7, 11) is 0. The molecule has 3 saturated carbocycles. The standard InChI is InChI=1S/C29H34FN3O3S/c1-16-12-20-19-8-7-17-13-18(34)9-10-28(17,3)29(19,30)23(35)14-27(20,2)24(16)22-15-37-26(32-22)33-25(36)21-6-4-5-11-31-21/h4-6,9-11,13,15-16,18-20,23-24,34-35H,7-8,12,14H2,1-3H3,(H,32,33,36). The van der Waals surface area contributed by atoms with Crippen molar-refractivity contribution < 1.29 is 19.4 Å². The molecule has 37 heavy (non-hydrogen) atoms. The SMILES string of the molecule is CC1CC2C3CCC4=CC(O)C=CC4(C)C3(F)C(O)CC2(C)C1c1csc(NC(=O)c2ccccn2)n1. The van der Waals surface area contributed by atoms with Crippen LogP contribution in [0.4, 0.5) is 9.52 Å². The number of pyridine rings is 1. The zero-order chi connectivity index (χ0) is 26.2. The van der Waals surface area contributed by atoms with Crippen LogP contribution in [0.15, 0.2) is 53.6 Å². The highest BCUT2D eigenvalue weighted by Gasteiger charge is 2.71. The molecule has 1 amide bonds. The Hall–Kier alpha value is -2.42. The second-order valence-corrected chi connectivity index (χ2v) is 12.8.